The monoisotopic (exact) mass is 299 g/mol. The molecule has 0 saturated carbocycles. The van der Waals surface area contributed by atoms with Gasteiger partial charge < -0.3 is 10.0 Å². The molecule has 1 heterocycles. The topological polar surface area (TPSA) is 40.5 Å². The molecular weight excluding hydrogens is 282 g/mol. The lowest BCUT2D eigenvalue weighted by Gasteiger charge is -2.39. The number of anilines is 1. The van der Waals surface area contributed by atoms with Crippen molar-refractivity contribution in [2.75, 3.05) is 17.2 Å². The van der Waals surface area contributed by atoms with Crippen molar-refractivity contribution >= 4 is 35.0 Å². The van der Waals surface area contributed by atoms with Crippen LogP contribution in [0.2, 0.25) is 5.02 Å². The molecule has 0 aromatic heterocycles. The van der Waals surface area contributed by atoms with E-state index in [1.807, 2.05) is 40.9 Å². The fraction of sp³-hybridized carbons (Fsp3) is 0.500. The highest BCUT2D eigenvalue weighted by molar-refractivity contribution is 8.00. The number of rotatable bonds is 4. The van der Waals surface area contributed by atoms with Crippen LogP contribution in [-0.2, 0) is 4.79 Å². The Morgan fingerprint density at radius 1 is 1.58 bits per heavy atom. The van der Waals surface area contributed by atoms with Crippen LogP contribution in [0, 0.1) is 0 Å². The maximum absolute atomic E-state index is 11.1. The van der Waals surface area contributed by atoms with E-state index in [0.717, 1.165) is 24.3 Å². The molecule has 0 amide bonds. The van der Waals surface area contributed by atoms with E-state index in [2.05, 4.69) is 6.92 Å². The number of carbonyl (C=O) groups is 1. The molecule has 0 spiro atoms. The predicted octanol–water partition coefficient (Wildman–Crippen LogP) is 3.52. The van der Waals surface area contributed by atoms with Crippen LogP contribution < -0.4 is 4.90 Å². The van der Waals surface area contributed by atoms with Gasteiger partial charge in [-0.25, -0.2) is 0 Å². The molecule has 19 heavy (non-hydrogen) atoms. The zero-order valence-electron chi connectivity index (χ0n) is 10.9. The van der Waals surface area contributed by atoms with Crippen molar-refractivity contribution in [2.24, 2.45) is 0 Å². The minimum absolute atomic E-state index is 0.0237. The third kappa shape index (κ3) is 3.80. The molecule has 1 fully saturated rings. The first-order valence-electron chi connectivity index (χ1n) is 6.43. The summed E-state index contributed by atoms with van der Waals surface area (Å²) in [6, 6.07) is 7.71. The van der Waals surface area contributed by atoms with Crippen molar-refractivity contribution in [1.29, 1.82) is 0 Å². The number of thioether (sulfide) groups is 1. The summed E-state index contributed by atoms with van der Waals surface area (Å²) < 4.78 is 0. The summed E-state index contributed by atoms with van der Waals surface area (Å²) in [6.45, 7) is 2.20. The van der Waals surface area contributed by atoms with Crippen LogP contribution in [0.4, 0.5) is 5.69 Å². The lowest BCUT2D eigenvalue weighted by Crippen LogP contribution is -2.46. The number of aliphatic carboxylic acids is 1. The summed E-state index contributed by atoms with van der Waals surface area (Å²) in [7, 11) is 0. The number of halogens is 1. The van der Waals surface area contributed by atoms with Crippen molar-refractivity contribution in [3.8, 4) is 0 Å². The van der Waals surface area contributed by atoms with Crippen LogP contribution in [0.15, 0.2) is 24.3 Å². The number of nitrogens with zero attached hydrogens (tertiary/aromatic N) is 1. The van der Waals surface area contributed by atoms with E-state index in [1.165, 1.54) is 0 Å². The van der Waals surface area contributed by atoms with Gasteiger partial charge in [0.15, 0.2) is 0 Å². The molecule has 1 aromatic rings. The maximum Gasteiger partial charge on any atom is 0.323 e. The maximum atomic E-state index is 11.1. The Balaban J connectivity index is 2.26. The van der Waals surface area contributed by atoms with Gasteiger partial charge in [-0.1, -0.05) is 24.6 Å². The first-order chi connectivity index (χ1) is 9.08. The van der Waals surface area contributed by atoms with Gasteiger partial charge in [0.2, 0.25) is 0 Å². The molecule has 0 bridgehead atoms. The summed E-state index contributed by atoms with van der Waals surface area (Å²) in [5.41, 5.74) is 0.897. The van der Waals surface area contributed by atoms with Gasteiger partial charge in [-0.3, -0.25) is 4.79 Å². The summed E-state index contributed by atoms with van der Waals surface area (Å²) in [6.07, 6.45) is 2.17. The van der Waals surface area contributed by atoms with Crippen LogP contribution in [0.3, 0.4) is 0 Å². The van der Waals surface area contributed by atoms with Crippen molar-refractivity contribution in [3.63, 3.8) is 0 Å². The van der Waals surface area contributed by atoms with Gasteiger partial charge in [0.1, 0.15) is 6.54 Å². The van der Waals surface area contributed by atoms with E-state index in [4.69, 9.17) is 16.7 Å². The first kappa shape index (κ1) is 14.5. The number of carboxylic acid groups (broad SMARTS) is 1. The molecule has 1 aliphatic rings. The number of carboxylic acids is 1. The number of hydrogen-bond acceptors (Lipinski definition) is 3. The highest BCUT2D eigenvalue weighted by atomic mass is 35.5. The summed E-state index contributed by atoms with van der Waals surface area (Å²) in [4.78, 5) is 13.1. The molecule has 2 atom stereocenters. The third-order valence-electron chi connectivity index (χ3n) is 3.41. The zero-order chi connectivity index (χ0) is 13.8. The van der Waals surface area contributed by atoms with Gasteiger partial charge in [-0.15, -0.1) is 0 Å². The molecule has 5 heteroatoms. The van der Waals surface area contributed by atoms with Gasteiger partial charge >= 0.3 is 5.97 Å². The molecule has 2 unspecified atom stereocenters. The van der Waals surface area contributed by atoms with Gasteiger partial charge in [-0.2, -0.15) is 11.8 Å². The van der Waals surface area contributed by atoms with E-state index >= 15 is 0 Å². The smallest absolute Gasteiger partial charge is 0.323 e. The first-order valence-corrected chi connectivity index (χ1v) is 7.86. The highest BCUT2D eigenvalue weighted by Crippen LogP contribution is 2.32. The predicted molar refractivity (Wildman–Crippen MR) is 81.4 cm³/mol. The second kappa shape index (κ2) is 6.53. The van der Waals surface area contributed by atoms with Crippen molar-refractivity contribution in [2.45, 2.75) is 31.1 Å². The molecule has 2 rings (SSSR count). The SMILES string of the molecule is CC1SCCCC1N(CC(=O)O)c1cccc(Cl)c1. The molecule has 0 aliphatic carbocycles. The lowest BCUT2D eigenvalue weighted by molar-refractivity contribution is -0.135. The highest BCUT2D eigenvalue weighted by Gasteiger charge is 2.29. The van der Waals surface area contributed by atoms with E-state index in [-0.39, 0.29) is 12.6 Å². The fourth-order valence-corrected chi connectivity index (χ4v) is 3.91. The van der Waals surface area contributed by atoms with Crippen LogP contribution in [0.25, 0.3) is 0 Å². The number of hydrogen-bond donors (Lipinski definition) is 1. The Hall–Kier alpha value is -0.870. The van der Waals surface area contributed by atoms with Gasteiger partial charge in [0.25, 0.3) is 0 Å². The Morgan fingerprint density at radius 3 is 3.00 bits per heavy atom. The van der Waals surface area contributed by atoms with Crippen LogP contribution in [-0.4, -0.2) is 34.7 Å². The normalized spacial score (nSPS) is 23.1. The summed E-state index contributed by atoms with van der Waals surface area (Å²) in [5, 5.41) is 10.2. The Bertz CT molecular complexity index is 455. The molecule has 0 radical (unpaired) electrons. The summed E-state index contributed by atoms with van der Waals surface area (Å²) >= 11 is 7.93. The minimum atomic E-state index is -0.803. The molecule has 3 nitrogen and oxygen atoms in total. The largest absolute Gasteiger partial charge is 0.480 e. The quantitative estimate of drug-likeness (QED) is 0.923. The van der Waals surface area contributed by atoms with Gasteiger partial charge in [-0.05, 0) is 36.8 Å². The van der Waals surface area contributed by atoms with E-state index < -0.39 is 5.97 Å². The molecule has 1 saturated heterocycles. The zero-order valence-corrected chi connectivity index (χ0v) is 12.5. The molecule has 1 aromatic carbocycles. The Morgan fingerprint density at radius 2 is 2.37 bits per heavy atom. The summed E-state index contributed by atoms with van der Waals surface area (Å²) in [5.74, 6) is 0.358. The van der Waals surface area contributed by atoms with Crippen LogP contribution in [0.5, 0.6) is 0 Å². The van der Waals surface area contributed by atoms with E-state index in [0.29, 0.717) is 10.3 Å². The Kier molecular flexibility index (Phi) is 4.99. The van der Waals surface area contributed by atoms with E-state index in [9.17, 15) is 4.79 Å². The minimum Gasteiger partial charge on any atom is -0.480 e. The fourth-order valence-electron chi connectivity index (χ4n) is 2.52. The second-order valence-corrected chi connectivity index (χ2v) is 6.71. The van der Waals surface area contributed by atoms with Gasteiger partial charge in [0.05, 0.1) is 0 Å². The average molecular weight is 300 g/mol. The third-order valence-corrected chi connectivity index (χ3v) is 5.01. The van der Waals surface area contributed by atoms with Crippen molar-refractivity contribution in [3.05, 3.63) is 29.3 Å². The molecular formula is C14H18ClNO2S. The molecule has 1 N–H and O–H groups in total. The van der Waals surface area contributed by atoms with Crippen LogP contribution >= 0.6 is 23.4 Å². The Labute approximate surface area is 122 Å². The standard InChI is InChI=1S/C14H18ClNO2S/c1-10-13(6-3-7-19-10)16(9-14(17)18)12-5-2-4-11(15)8-12/h2,4-5,8,10,13H,3,6-7,9H2,1H3,(H,17,18). The van der Waals surface area contributed by atoms with Gasteiger partial charge in [0, 0.05) is 22.0 Å². The molecule has 1 aliphatic heterocycles. The average Bonchev–Trinajstić information content (AvgIpc) is 2.37. The lowest BCUT2D eigenvalue weighted by atomic mass is 10.1. The second-order valence-electron chi connectivity index (χ2n) is 4.79. The number of benzene rings is 1. The molecule has 104 valence electrons. The van der Waals surface area contributed by atoms with Crippen LogP contribution in [0.1, 0.15) is 19.8 Å². The van der Waals surface area contributed by atoms with Crippen molar-refractivity contribution in [1.82, 2.24) is 0 Å². The van der Waals surface area contributed by atoms with E-state index in [1.54, 1.807) is 0 Å². The van der Waals surface area contributed by atoms with Crippen molar-refractivity contribution < 1.29 is 9.90 Å².